The van der Waals surface area contributed by atoms with Gasteiger partial charge in [0.2, 0.25) is 5.88 Å². The van der Waals surface area contributed by atoms with E-state index in [1.165, 1.54) is 0 Å². The van der Waals surface area contributed by atoms with Crippen LogP contribution in [0.1, 0.15) is 13.8 Å². The van der Waals surface area contributed by atoms with Crippen molar-refractivity contribution in [1.82, 2.24) is 9.97 Å². The molecule has 0 bridgehead atoms. The minimum absolute atomic E-state index is 0.0527. The number of alkyl halides is 1. The van der Waals surface area contributed by atoms with Crippen molar-refractivity contribution >= 4 is 17.4 Å². The Morgan fingerprint density at radius 3 is 3.11 bits per heavy atom. The van der Waals surface area contributed by atoms with Gasteiger partial charge in [-0.1, -0.05) is 0 Å². The molecule has 6 heteroatoms. The van der Waals surface area contributed by atoms with Gasteiger partial charge in [0.1, 0.15) is 0 Å². The Labute approximate surface area is 112 Å². The molecule has 0 aromatic carbocycles. The normalized spacial score (nSPS) is 20.2. The van der Waals surface area contributed by atoms with Crippen molar-refractivity contribution in [1.29, 1.82) is 0 Å². The Bertz CT molecular complexity index is 389. The van der Waals surface area contributed by atoms with E-state index in [1.54, 1.807) is 12.4 Å². The third-order valence-corrected chi connectivity index (χ3v) is 2.94. The summed E-state index contributed by atoms with van der Waals surface area (Å²) >= 11 is 5.82. The van der Waals surface area contributed by atoms with Crippen LogP contribution in [0, 0.1) is 0 Å². The fraction of sp³-hybridized carbons (Fsp3) is 0.667. The molecule has 100 valence electrons. The van der Waals surface area contributed by atoms with Crippen LogP contribution < -0.4 is 9.64 Å². The van der Waals surface area contributed by atoms with E-state index in [2.05, 4.69) is 14.9 Å². The fourth-order valence-electron chi connectivity index (χ4n) is 1.81. The first kappa shape index (κ1) is 13.4. The van der Waals surface area contributed by atoms with E-state index in [4.69, 9.17) is 21.1 Å². The molecule has 0 aliphatic carbocycles. The number of nitrogens with zero attached hydrogens (tertiary/aromatic N) is 3. The van der Waals surface area contributed by atoms with E-state index >= 15 is 0 Å². The van der Waals surface area contributed by atoms with Crippen molar-refractivity contribution in [3.63, 3.8) is 0 Å². The molecule has 1 aliphatic rings. The molecule has 5 nitrogen and oxygen atoms in total. The van der Waals surface area contributed by atoms with Crippen molar-refractivity contribution in [2.75, 3.05) is 30.5 Å². The lowest BCUT2D eigenvalue weighted by molar-refractivity contribution is 0.0550. The van der Waals surface area contributed by atoms with Crippen LogP contribution in [0.25, 0.3) is 0 Å². The zero-order chi connectivity index (χ0) is 13.0. The van der Waals surface area contributed by atoms with E-state index in [0.717, 1.165) is 18.9 Å². The van der Waals surface area contributed by atoms with E-state index in [0.29, 0.717) is 18.4 Å². The van der Waals surface area contributed by atoms with Gasteiger partial charge in [-0.3, -0.25) is 4.98 Å². The van der Waals surface area contributed by atoms with Gasteiger partial charge in [0, 0.05) is 13.1 Å². The minimum Gasteiger partial charge on any atom is -0.474 e. The van der Waals surface area contributed by atoms with Gasteiger partial charge < -0.3 is 14.4 Å². The Hall–Kier alpha value is -1.07. The van der Waals surface area contributed by atoms with Crippen LogP contribution >= 0.6 is 11.6 Å². The highest BCUT2D eigenvalue weighted by Crippen LogP contribution is 2.18. The van der Waals surface area contributed by atoms with Gasteiger partial charge >= 0.3 is 0 Å². The van der Waals surface area contributed by atoms with Crippen molar-refractivity contribution < 1.29 is 9.47 Å². The topological polar surface area (TPSA) is 47.5 Å². The third kappa shape index (κ3) is 3.46. The second-order valence-corrected chi connectivity index (χ2v) is 4.78. The number of anilines is 1. The summed E-state index contributed by atoms with van der Waals surface area (Å²) in [6.07, 6.45) is 3.51. The standard InChI is InChI=1S/C12H18ClN3O2/c1-9(2)18-12-7-14-6-11(15-12)16-3-4-17-10(5-13)8-16/h6-7,9-10H,3-5,8H2,1-2H3. The summed E-state index contributed by atoms with van der Waals surface area (Å²) in [5, 5.41) is 0. The van der Waals surface area contributed by atoms with Gasteiger partial charge in [-0.2, -0.15) is 4.98 Å². The Morgan fingerprint density at radius 1 is 1.56 bits per heavy atom. The van der Waals surface area contributed by atoms with Crippen LogP contribution in [-0.4, -0.2) is 47.8 Å². The molecule has 1 atom stereocenters. The molecule has 1 saturated heterocycles. The Kier molecular flexibility index (Phi) is 4.60. The molecular weight excluding hydrogens is 254 g/mol. The number of aromatic nitrogens is 2. The summed E-state index contributed by atoms with van der Waals surface area (Å²) in [6, 6.07) is 0. The van der Waals surface area contributed by atoms with E-state index < -0.39 is 0 Å². The molecule has 18 heavy (non-hydrogen) atoms. The minimum atomic E-state index is 0.0527. The predicted octanol–water partition coefficient (Wildman–Crippen LogP) is 1.71. The van der Waals surface area contributed by atoms with Crippen LogP contribution in [0.3, 0.4) is 0 Å². The molecule has 2 rings (SSSR count). The molecule has 1 fully saturated rings. The van der Waals surface area contributed by atoms with Crippen molar-refractivity contribution in [2.24, 2.45) is 0 Å². The average Bonchev–Trinajstić information content (AvgIpc) is 2.38. The quantitative estimate of drug-likeness (QED) is 0.780. The van der Waals surface area contributed by atoms with Crippen LogP contribution in [-0.2, 0) is 4.74 Å². The largest absolute Gasteiger partial charge is 0.474 e. The summed E-state index contributed by atoms with van der Waals surface area (Å²) in [4.78, 5) is 10.7. The summed E-state index contributed by atoms with van der Waals surface area (Å²) in [6.45, 7) is 6.13. The van der Waals surface area contributed by atoms with Crippen molar-refractivity contribution in [3.8, 4) is 5.88 Å². The first-order valence-electron chi connectivity index (χ1n) is 6.10. The summed E-state index contributed by atoms with van der Waals surface area (Å²) < 4.78 is 11.1. The van der Waals surface area contributed by atoms with E-state index in [1.807, 2.05) is 13.8 Å². The molecule has 2 heterocycles. The maximum absolute atomic E-state index is 5.82. The molecule has 1 unspecified atom stereocenters. The summed E-state index contributed by atoms with van der Waals surface area (Å²) in [5.74, 6) is 1.86. The first-order chi connectivity index (χ1) is 8.69. The number of rotatable bonds is 4. The van der Waals surface area contributed by atoms with E-state index in [-0.39, 0.29) is 12.2 Å². The summed E-state index contributed by atoms with van der Waals surface area (Å²) in [5.41, 5.74) is 0. The lowest BCUT2D eigenvalue weighted by Gasteiger charge is -2.32. The molecule has 1 aromatic heterocycles. The fourth-order valence-corrected chi connectivity index (χ4v) is 2.00. The molecule has 0 N–H and O–H groups in total. The van der Waals surface area contributed by atoms with Crippen LogP contribution in [0.4, 0.5) is 5.82 Å². The number of hydrogen-bond donors (Lipinski definition) is 0. The molecule has 1 aliphatic heterocycles. The van der Waals surface area contributed by atoms with Gasteiger partial charge in [0.05, 0.1) is 37.1 Å². The lowest BCUT2D eigenvalue weighted by Crippen LogP contribution is -2.43. The first-order valence-corrected chi connectivity index (χ1v) is 6.63. The smallest absolute Gasteiger partial charge is 0.234 e. The van der Waals surface area contributed by atoms with Crippen molar-refractivity contribution in [2.45, 2.75) is 26.1 Å². The molecule has 1 aromatic rings. The maximum atomic E-state index is 5.82. The Balaban J connectivity index is 2.07. The third-order valence-electron chi connectivity index (χ3n) is 2.59. The zero-order valence-electron chi connectivity index (χ0n) is 10.7. The molecular formula is C12H18ClN3O2. The maximum Gasteiger partial charge on any atom is 0.234 e. The number of morpholine rings is 1. The highest BCUT2D eigenvalue weighted by Gasteiger charge is 2.21. The van der Waals surface area contributed by atoms with Crippen LogP contribution in [0.2, 0.25) is 0 Å². The van der Waals surface area contributed by atoms with E-state index in [9.17, 15) is 0 Å². The van der Waals surface area contributed by atoms with Gasteiger partial charge in [0.15, 0.2) is 5.82 Å². The van der Waals surface area contributed by atoms with Crippen molar-refractivity contribution in [3.05, 3.63) is 12.4 Å². The average molecular weight is 272 g/mol. The SMILES string of the molecule is CC(C)Oc1cncc(N2CCOC(CCl)C2)n1. The Morgan fingerprint density at radius 2 is 2.39 bits per heavy atom. The highest BCUT2D eigenvalue weighted by molar-refractivity contribution is 6.18. The van der Waals surface area contributed by atoms with Gasteiger partial charge in [-0.25, -0.2) is 0 Å². The zero-order valence-corrected chi connectivity index (χ0v) is 11.4. The molecule has 0 saturated carbocycles. The number of hydrogen-bond acceptors (Lipinski definition) is 5. The summed E-state index contributed by atoms with van der Waals surface area (Å²) in [7, 11) is 0. The number of ether oxygens (including phenoxy) is 2. The molecule has 0 amide bonds. The highest BCUT2D eigenvalue weighted by atomic mass is 35.5. The van der Waals surface area contributed by atoms with Crippen LogP contribution in [0.15, 0.2) is 12.4 Å². The van der Waals surface area contributed by atoms with Gasteiger partial charge in [-0.05, 0) is 13.8 Å². The molecule has 0 spiro atoms. The van der Waals surface area contributed by atoms with Crippen LogP contribution in [0.5, 0.6) is 5.88 Å². The predicted molar refractivity (Wildman–Crippen MR) is 70.5 cm³/mol. The monoisotopic (exact) mass is 271 g/mol. The second-order valence-electron chi connectivity index (χ2n) is 4.48. The molecule has 0 radical (unpaired) electrons. The lowest BCUT2D eigenvalue weighted by atomic mass is 10.3. The van der Waals surface area contributed by atoms with Gasteiger partial charge in [0.25, 0.3) is 0 Å². The van der Waals surface area contributed by atoms with Gasteiger partial charge in [-0.15, -0.1) is 11.6 Å². The number of halogens is 1. The second kappa shape index (κ2) is 6.20.